The number of nitrogens with one attached hydrogen (secondary N) is 1. The van der Waals surface area contributed by atoms with Crippen LogP contribution >= 0.6 is 11.3 Å². The van der Waals surface area contributed by atoms with Gasteiger partial charge >= 0.3 is 57.4 Å². The molecule has 21 heavy (non-hydrogen) atoms. The first-order valence-electron chi connectivity index (χ1n) is 6.06. The standard InChI is InChI=1S/C14H11S.CH4N2O2.K/c1-2-10-7-8-12-11-5-3-4-6-13(11)15-14(12)9-10;2-1(4)3-5;/h2-9H,1H3;5H,(H3,2,3,4);/q-1;;+1. The van der Waals surface area contributed by atoms with E-state index in [4.69, 9.17) is 5.21 Å². The molecule has 0 radical (unpaired) electrons. The minimum atomic E-state index is -0.940. The van der Waals surface area contributed by atoms with Gasteiger partial charge in [-0.15, -0.1) is 23.5 Å². The van der Waals surface area contributed by atoms with E-state index >= 15 is 0 Å². The van der Waals surface area contributed by atoms with Crippen LogP contribution < -0.4 is 62.6 Å². The first-order valence-corrected chi connectivity index (χ1v) is 6.87. The van der Waals surface area contributed by atoms with Crippen molar-refractivity contribution in [3.8, 4) is 0 Å². The SMILES string of the molecule is C[CH-]c1ccc2c(c1)sc1ccccc12.NC(=O)NO.[K+]. The number of hydroxylamine groups is 1. The first kappa shape index (κ1) is 18.4. The second-order valence-electron chi connectivity index (χ2n) is 4.12. The van der Waals surface area contributed by atoms with E-state index in [0.29, 0.717) is 0 Å². The van der Waals surface area contributed by atoms with Gasteiger partial charge in [-0.05, 0) is 21.5 Å². The molecule has 1 heterocycles. The molecule has 4 N–H and O–H groups in total. The van der Waals surface area contributed by atoms with E-state index in [-0.39, 0.29) is 51.4 Å². The molecule has 0 unspecified atom stereocenters. The fourth-order valence-electron chi connectivity index (χ4n) is 1.92. The fourth-order valence-corrected chi connectivity index (χ4v) is 3.08. The maximum Gasteiger partial charge on any atom is 1.00 e. The summed E-state index contributed by atoms with van der Waals surface area (Å²) >= 11 is 1.87. The van der Waals surface area contributed by atoms with E-state index < -0.39 is 6.03 Å². The van der Waals surface area contributed by atoms with Crippen molar-refractivity contribution < 1.29 is 61.4 Å². The van der Waals surface area contributed by atoms with Crippen molar-refractivity contribution in [2.45, 2.75) is 6.92 Å². The number of rotatable bonds is 1. The summed E-state index contributed by atoms with van der Waals surface area (Å²) in [7, 11) is 0. The van der Waals surface area contributed by atoms with Gasteiger partial charge < -0.3 is 5.73 Å². The molecule has 3 aromatic rings. The molecule has 0 bridgehead atoms. The van der Waals surface area contributed by atoms with Gasteiger partial charge in [-0.1, -0.05) is 25.1 Å². The summed E-state index contributed by atoms with van der Waals surface area (Å²) in [5, 5.41) is 10.2. The molecule has 0 saturated carbocycles. The number of fused-ring (bicyclic) bond motifs is 3. The van der Waals surface area contributed by atoms with Gasteiger partial charge in [0.2, 0.25) is 0 Å². The third-order valence-electron chi connectivity index (χ3n) is 2.85. The Morgan fingerprint density at radius 3 is 2.43 bits per heavy atom. The summed E-state index contributed by atoms with van der Waals surface area (Å²) in [6.45, 7) is 2.08. The summed E-state index contributed by atoms with van der Waals surface area (Å²) in [6, 6.07) is 14.3. The molecule has 1 aromatic heterocycles. The third kappa shape index (κ3) is 4.69. The van der Waals surface area contributed by atoms with Crippen molar-refractivity contribution in [2.24, 2.45) is 5.73 Å². The zero-order valence-corrected chi connectivity index (χ0v) is 15.9. The second kappa shape index (κ2) is 8.75. The number of hydrogen-bond donors (Lipinski definition) is 3. The summed E-state index contributed by atoms with van der Waals surface area (Å²) < 4.78 is 2.76. The molecule has 104 valence electrons. The Bertz CT molecular complexity index is 743. The number of carbonyl (C=O) groups is 1. The van der Waals surface area contributed by atoms with Gasteiger partial charge in [-0.3, -0.25) is 5.21 Å². The molecule has 0 atom stereocenters. The minimum absolute atomic E-state index is 0. The quantitative estimate of drug-likeness (QED) is 0.266. The first-order chi connectivity index (χ1) is 9.65. The number of urea groups is 1. The molecule has 0 spiro atoms. The van der Waals surface area contributed by atoms with E-state index in [9.17, 15) is 4.79 Å². The van der Waals surface area contributed by atoms with Crippen molar-refractivity contribution >= 4 is 37.5 Å². The molecular formula is C15H15KN2O2S. The predicted molar refractivity (Wildman–Crippen MR) is 82.9 cm³/mol. The van der Waals surface area contributed by atoms with Crippen LogP contribution in [0, 0.1) is 6.42 Å². The monoisotopic (exact) mass is 326 g/mol. The number of benzene rings is 2. The van der Waals surface area contributed by atoms with Crippen LogP contribution in [-0.4, -0.2) is 11.2 Å². The van der Waals surface area contributed by atoms with Gasteiger partial charge in [0, 0.05) is 4.70 Å². The van der Waals surface area contributed by atoms with Crippen LogP contribution in [-0.2, 0) is 0 Å². The number of nitrogens with two attached hydrogens (primary N) is 1. The van der Waals surface area contributed by atoms with E-state index in [1.54, 1.807) is 0 Å². The molecule has 0 aliphatic rings. The van der Waals surface area contributed by atoms with Crippen LogP contribution in [0.2, 0.25) is 0 Å². The molecule has 6 heteroatoms. The number of hydrogen-bond acceptors (Lipinski definition) is 3. The van der Waals surface area contributed by atoms with Crippen LogP contribution in [0.5, 0.6) is 0 Å². The summed E-state index contributed by atoms with van der Waals surface area (Å²) in [4.78, 5) is 9.23. The van der Waals surface area contributed by atoms with Crippen molar-refractivity contribution in [1.29, 1.82) is 0 Å². The summed E-state index contributed by atoms with van der Waals surface area (Å²) in [5.74, 6) is 0. The molecule has 2 aromatic carbocycles. The fraction of sp³-hybridized carbons (Fsp3) is 0.0667. The van der Waals surface area contributed by atoms with E-state index in [1.807, 2.05) is 11.3 Å². The van der Waals surface area contributed by atoms with E-state index in [2.05, 4.69) is 61.5 Å². The Labute approximate surface area is 169 Å². The second-order valence-corrected chi connectivity index (χ2v) is 5.20. The topological polar surface area (TPSA) is 75.4 Å². The Balaban J connectivity index is 0.000000324. The van der Waals surface area contributed by atoms with Crippen molar-refractivity contribution in [1.82, 2.24) is 5.48 Å². The van der Waals surface area contributed by atoms with Crippen LogP contribution in [0.25, 0.3) is 20.2 Å². The van der Waals surface area contributed by atoms with Crippen LogP contribution in [0.15, 0.2) is 42.5 Å². The summed E-state index contributed by atoms with van der Waals surface area (Å²) in [5.41, 5.74) is 6.76. The molecular weight excluding hydrogens is 311 g/mol. The zero-order valence-electron chi connectivity index (χ0n) is 12.0. The van der Waals surface area contributed by atoms with Crippen LogP contribution in [0.3, 0.4) is 0 Å². The number of primary amides is 1. The Morgan fingerprint density at radius 1 is 1.19 bits per heavy atom. The third-order valence-corrected chi connectivity index (χ3v) is 3.98. The van der Waals surface area contributed by atoms with Gasteiger partial charge in [0.1, 0.15) is 0 Å². The molecule has 0 aliphatic carbocycles. The van der Waals surface area contributed by atoms with Crippen molar-refractivity contribution in [3.05, 3.63) is 54.4 Å². The molecule has 0 aliphatic heterocycles. The Hall–Kier alpha value is -0.604. The molecule has 2 amide bonds. The van der Waals surface area contributed by atoms with Crippen LogP contribution in [0.4, 0.5) is 4.79 Å². The molecule has 0 saturated heterocycles. The predicted octanol–water partition coefficient (Wildman–Crippen LogP) is 0.675. The largest absolute Gasteiger partial charge is 1.00 e. The maximum atomic E-state index is 9.23. The molecule has 3 rings (SSSR count). The summed E-state index contributed by atoms with van der Waals surface area (Å²) in [6.07, 6.45) is 2.14. The number of amides is 2. The van der Waals surface area contributed by atoms with Crippen molar-refractivity contribution in [3.63, 3.8) is 0 Å². The van der Waals surface area contributed by atoms with Gasteiger partial charge in [0.15, 0.2) is 0 Å². The average Bonchev–Trinajstić information content (AvgIpc) is 2.85. The van der Waals surface area contributed by atoms with Gasteiger partial charge in [-0.25, -0.2) is 10.3 Å². The van der Waals surface area contributed by atoms with Crippen molar-refractivity contribution in [2.75, 3.05) is 0 Å². The molecule has 0 fully saturated rings. The number of carbonyl (C=O) groups excluding carboxylic acids is 1. The smallest absolute Gasteiger partial charge is 0.350 e. The maximum absolute atomic E-state index is 9.23. The minimum Gasteiger partial charge on any atom is -0.350 e. The molecule has 4 nitrogen and oxygen atoms in total. The average molecular weight is 326 g/mol. The Morgan fingerprint density at radius 2 is 1.81 bits per heavy atom. The van der Waals surface area contributed by atoms with Gasteiger partial charge in [-0.2, -0.15) is 18.1 Å². The zero-order chi connectivity index (χ0) is 14.5. The Kier molecular flexibility index (Phi) is 7.68. The van der Waals surface area contributed by atoms with Crippen LogP contribution in [0.1, 0.15) is 12.5 Å². The normalized spacial score (nSPS) is 9.43. The van der Waals surface area contributed by atoms with E-state index in [1.165, 1.54) is 31.2 Å². The van der Waals surface area contributed by atoms with Gasteiger partial charge in [0.25, 0.3) is 0 Å². The van der Waals surface area contributed by atoms with Gasteiger partial charge in [0.05, 0.1) is 0 Å². The number of thiophene rings is 1. The van der Waals surface area contributed by atoms with E-state index in [0.717, 1.165) is 0 Å².